The first kappa shape index (κ1) is 15.2. The molecule has 1 heterocycles. The minimum Gasteiger partial charge on any atom is -0.474 e. The number of ether oxygens (including phenoxy) is 1. The molecular weight excluding hydrogens is 244 g/mol. The summed E-state index contributed by atoms with van der Waals surface area (Å²) in [5.74, 6) is 1.07. The highest BCUT2D eigenvalue weighted by atomic mass is 16.5. The summed E-state index contributed by atoms with van der Waals surface area (Å²) in [6.45, 7) is 6.31. The van der Waals surface area contributed by atoms with Gasteiger partial charge in [-0.05, 0) is 13.8 Å². The van der Waals surface area contributed by atoms with Crippen LogP contribution in [-0.4, -0.2) is 42.6 Å². The molecule has 0 saturated heterocycles. The lowest BCUT2D eigenvalue weighted by atomic mass is 10.1. The quantitative estimate of drug-likeness (QED) is 0.834. The summed E-state index contributed by atoms with van der Waals surface area (Å²) in [4.78, 5) is 21.8. The summed E-state index contributed by atoms with van der Waals surface area (Å²) in [5, 5.41) is 2.63. The summed E-state index contributed by atoms with van der Waals surface area (Å²) in [6.07, 6.45) is 3.29. The molecule has 19 heavy (non-hydrogen) atoms. The lowest BCUT2D eigenvalue weighted by Crippen LogP contribution is -2.34. The molecule has 0 radical (unpaired) electrons. The minimum atomic E-state index is -0.119. The number of rotatable bonds is 6. The molecule has 1 rings (SSSR count). The van der Waals surface area contributed by atoms with E-state index in [2.05, 4.69) is 15.3 Å². The first-order valence-electron chi connectivity index (χ1n) is 6.35. The van der Waals surface area contributed by atoms with Crippen LogP contribution in [0.5, 0.6) is 5.88 Å². The average molecular weight is 266 g/mol. The molecule has 0 saturated carbocycles. The number of carbonyl (C=O) groups excluding carboxylic acids is 1. The number of amides is 1. The van der Waals surface area contributed by atoms with Crippen LogP contribution in [0.4, 0.5) is 5.82 Å². The third kappa shape index (κ3) is 4.73. The molecule has 0 bridgehead atoms. The van der Waals surface area contributed by atoms with Crippen LogP contribution in [0, 0.1) is 5.92 Å². The van der Waals surface area contributed by atoms with Crippen molar-refractivity contribution in [2.24, 2.45) is 5.92 Å². The van der Waals surface area contributed by atoms with Crippen molar-refractivity contribution in [2.75, 3.05) is 25.5 Å². The molecule has 106 valence electrons. The number of aromatic nitrogens is 2. The molecule has 0 aromatic carbocycles. The van der Waals surface area contributed by atoms with Crippen molar-refractivity contribution in [1.82, 2.24) is 15.3 Å². The fraction of sp³-hybridized carbons (Fsp3) is 0.615. The van der Waals surface area contributed by atoms with E-state index < -0.39 is 0 Å². The molecule has 0 aliphatic heterocycles. The maximum Gasteiger partial charge on any atom is 0.234 e. The Morgan fingerprint density at radius 1 is 1.42 bits per heavy atom. The van der Waals surface area contributed by atoms with E-state index in [1.165, 1.54) is 0 Å². The van der Waals surface area contributed by atoms with Crippen LogP contribution >= 0.6 is 0 Å². The molecule has 1 aromatic heterocycles. The normalized spacial score (nSPS) is 12.1. The lowest BCUT2D eigenvalue weighted by molar-refractivity contribution is -0.123. The Bertz CT molecular complexity index is 423. The van der Waals surface area contributed by atoms with Crippen LogP contribution in [0.25, 0.3) is 0 Å². The molecule has 1 amide bonds. The Labute approximate surface area is 114 Å². The van der Waals surface area contributed by atoms with Gasteiger partial charge in [-0.3, -0.25) is 9.78 Å². The number of nitrogens with zero attached hydrogens (tertiary/aromatic N) is 3. The molecule has 1 aromatic rings. The molecular formula is C13H22N4O2. The standard InChI is InChI=1S/C13H22N4O2/c1-9(2)19-12-7-15-6-11(16-12)17(5)8-10(3)13(18)14-4/h6-7,9-10H,8H2,1-5H3,(H,14,18). The van der Waals surface area contributed by atoms with Gasteiger partial charge in [0.25, 0.3) is 0 Å². The monoisotopic (exact) mass is 266 g/mol. The summed E-state index contributed by atoms with van der Waals surface area (Å²) in [7, 11) is 3.51. The Morgan fingerprint density at radius 3 is 2.68 bits per heavy atom. The van der Waals surface area contributed by atoms with Crippen molar-refractivity contribution in [1.29, 1.82) is 0 Å². The van der Waals surface area contributed by atoms with Gasteiger partial charge in [0.2, 0.25) is 11.8 Å². The van der Waals surface area contributed by atoms with Gasteiger partial charge >= 0.3 is 0 Å². The van der Waals surface area contributed by atoms with Crippen LogP contribution in [0.3, 0.4) is 0 Å². The Kier molecular flexibility index (Phi) is 5.54. The van der Waals surface area contributed by atoms with Crippen molar-refractivity contribution in [3.8, 4) is 5.88 Å². The Balaban J connectivity index is 2.71. The van der Waals surface area contributed by atoms with Gasteiger partial charge in [-0.2, -0.15) is 4.98 Å². The zero-order valence-corrected chi connectivity index (χ0v) is 12.2. The van der Waals surface area contributed by atoms with Crippen LogP contribution in [0.1, 0.15) is 20.8 Å². The molecule has 1 atom stereocenters. The molecule has 0 spiro atoms. The molecule has 1 unspecified atom stereocenters. The Hall–Kier alpha value is -1.85. The van der Waals surface area contributed by atoms with Crippen molar-refractivity contribution in [2.45, 2.75) is 26.9 Å². The molecule has 1 N–H and O–H groups in total. The van der Waals surface area contributed by atoms with Gasteiger partial charge in [0.1, 0.15) is 0 Å². The van der Waals surface area contributed by atoms with Gasteiger partial charge in [0.05, 0.1) is 24.4 Å². The van der Waals surface area contributed by atoms with Crippen LogP contribution in [0.15, 0.2) is 12.4 Å². The number of nitrogens with one attached hydrogen (secondary N) is 1. The van der Waals surface area contributed by atoms with E-state index in [-0.39, 0.29) is 17.9 Å². The second-order valence-corrected chi connectivity index (χ2v) is 4.78. The average Bonchev–Trinajstić information content (AvgIpc) is 2.37. The smallest absolute Gasteiger partial charge is 0.234 e. The van der Waals surface area contributed by atoms with Gasteiger partial charge in [-0.25, -0.2) is 0 Å². The number of hydrogen-bond acceptors (Lipinski definition) is 5. The molecule has 0 fully saturated rings. The number of carbonyl (C=O) groups is 1. The highest BCUT2D eigenvalue weighted by Crippen LogP contribution is 2.15. The SMILES string of the molecule is CNC(=O)C(C)CN(C)c1cncc(OC(C)C)n1. The van der Waals surface area contributed by atoms with E-state index in [1.807, 2.05) is 32.7 Å². The van der Waals surface area contributed by atoms with Crippen LogP contribution < -0.4 is 15.0 Å². The van der Waals surface area contributed by atoms with Gasteiger partial charge in [-0.1, -0.05) is 6.92 Å². The maximum atomic E-state index is 11.5. The largest absolute Gasteiger partial charge is 0.474 e. The lowest BCUT2D eigenvalue weighted by Gasteiger charge is -2.21. The zero-order chi connectivity index (χ0) is 14.4. The number of hydrogen-bond donors (Lipinski definition) is 1. The van der Waals surface area contributed by atoms with Crippen molar-refractivity contribution < 1.29 is 9.53 Å². The summed E-state index contributed by atoms with van der Waals surface area (Å²) in [5.41, 5.74) is 0. The summed E-state index contributed by atoms with van der Waals surface area (Å²) in [6, 6.07) is 0. The number of anilines is 1. The molecule has 0 aliphatic carbocycles. The van der Waals surface area contributed by atoms with Crippen molar-refractivity contribution in [3.63, 3.8) is 0 Å². The predicted octanol–water partition coefficient (Wildman–Crippen LogP) is 1.08. The van der Waals surface area contributed by atoms with E-state index in [0.29, 0.717) is 18.2 Å². The van der Waals surface area contributed by atoms with E-state index in [4.69, 9.17) is 4.74 Å². The molecule has 0 aliphatic rings. The van der Waals surface area contributed by atoms with Crippen molar-refractivity contribution in [3.05, 3.63) is 12.4 Å². The van der Waals surface area contributed by atoms with Gasteiger partial charge in [-0.15, -0.1) is 0 Å². The topological polar surface area (TPSA) is 67.4 Å². The fourth-order valence-corrected chi connectivity index (χ4v) is 1.65. The minimum absolute atomic E-state index is 0.00870. The van der Waals surface area contributed by atoms with Gasteiger partial charge < -0.3 is 15.0 Å². The first-order valence-corrected chi connectivity index (χ1v) is 6.35. The van der Waals surface area contributed by atoms with Crippen LogP contribution in [0.2, 0.25) is 0 Å². The van der Waals surface area contributed by atoms with Crippen molar-refractivity contribution >= 4 is 11.7 Å². The van der Waals surface area contributed by atoms with Gasteiger partial charge in [0.15, 0.2) is 5.82 Å². The van der Waals surface area contributed by atoms with E-state index >= 15 is 0 Å². The van der Waals surface area contributed by atoms with E-state index in [1.54, 1.807) is 19.4 Å². The highest BCUT2D eigenvalue weighted by molar-refractivity contribution is 5.78. The highest BCUT2D eigenvalue weighted by Gasteiger charge is 2.15. The third-order valence-electron chi connectivity index (χ3n) is 2.59. The van der Waals surface area contributed by atoms with E-state index in [0.717, 1.165) is 0 Å². The second-order valence-electron chi connectivity index (χ2n) is 4.78. The first-order chi connectivity index (χ1) is 8.93. The molecule has 6 heteroatoms. The second kappa shape index (κ2) is 6.92. The molecule has 6 nitrogen and oxygen atoms in total. The Morgan fingerprint density at radius 2 is 2.11 bits per heavy atom. The fourth-order valence-electron chi connectivity index (χ4n) is 1.65. The predicted molar refractivity (Wildman–Crippen MR) is 74.3 cm³/mol. The van der Waals surface area contributed by atoms with E-state index in [9.17, 15) is 4.79 Å². The third-order valence-corrected chi connectivity index (χ3v) is 2.59. The summed E-state index contributed by atoms with van der Waals surface area (Å²) < 4.78 is 5.50. The van der Waals surface area contributed by atoms with Crippen LogP contribution in [-0.2, 0) is 4.79 Å². The zero-order valence-electron chi connectivity index (χ0n) is 12.2. The van der Waals surface area contributed by atoms with Gasteiger partial charge in [0, 0.05) is 20.6 Å². The summed E-state index contributed by atoms with van der Waals surface area (Å²) >= 11 is 0. The maximum absolute atomic E-state index is 11.5.